The summed E-state index contributed by atoms with van der Waals surface area (Å²) in [6.45, 7) is 0.206. The maximum Gasteiger partial charge on any atom is 0.258 e. The summed E-state index contributed by atoms with van der Waals surface area (Å²) in [6, 6.07) is 22.6. The van der Waals surface area contributed by atoms with Crippen LogP contribution in [-0.2, 0) is 16.6 Å². The molecule has 0 aliphatic carbocycles. The summed E-state index contributed by atoms with van der Waals surface area (Å²) in [7, 11) is -3.64. The van der Waals surface area contributed by atoms with Crippen LogP contribution in [0.15, 0.2) is 83.8 Å². The van der Waals surface area contributed by atoms with Gasteiger partial charge in [-0.2, -0.15) is 0 Å². The zero-order valence-corrected chi connectivity index (χ0v) is 19.4. The van der Waals surface area contributed by atoms with Crippen LogP contribution in [0.3, 0.4) is 0 Å². The van der Waals surface area contributed by atoms with E-state index in [4.69, 9.17) is 12.2 Å². The summed E-state index contributed by atoms with van der Waals surface area (Å²) in [5.74, 6) is -0.318. The fraction of sp³-hybridized carbons (Fsp3) is 0.0476. The highest BCUT2D eigenvalue weighted by atomic mass is 127. The Kier molecular flexibility index (Phi) is 7.53. The van der Waals surface area contributed by atoms with E-state index in [1.54, 1.807) is 24.3 Å². The number of carbonyl (C=O) groups excluding carboxylic acids is 1. The van der Waals surface area contributed by atoms with Crippen LogP contribution in [0, 0.1) is 3.57 Å². The van der Waals surface area contributed by atoms with Crippen molar-refractivity contribution in [2.45, 2.75) is 11.4 Å². The third-order valence-corrected chi connectivity index (χ3v) is 6.64. The van der Waals surface area contributed by atoms with E-state index in [0.29, 0.717) is 11.3 Å². The van der Waals surface area contributed by atoms with E-state index in [-0.39, 0.29) is 22.5 Å². The van der Waals surface area contributed by atoms with Gasteiger partial charge >= 0.3 is 0 Å². The Morgan fingerprint density at radius 2 is 1.53 bits per heavy atom. The van der Waals surface area contributed by atoms with Crippen molar-refractivity contribution >= 4 is 61.5 Å². The van der Waals surface area contributed by atoms with Crippen molar-refractivity contribution in [3.8, 4) is 0 Å². The molecule has 0 unspecified atom stereocenters. The minimum Gasteiger partial charge on any atom is -0.332 e. The van der Waals surface area contributed by atoms with Crippen molar-refractivity contribution in [1.29, 1.82) is 0 Å². The number of anilines is 1. The Morgan fingerprint density at radius 1 is 0.900 bits per heavy atom. The second-order valence-corrected chi connectivity index (χ2v) is 9.56. The average Bonchev–Trinajstić information content (AvgIpc) is 2.73. The number of amides is 1. The molecule has 3 aromatic rings. The average molecular weight is 551 g/mol. The molecule has 0 fully saturated rings. The van der Waals surface area contributed by atoms with E-state index < -0.39 is 10.0 Å². The summed E-state index contributed by atoms with van der Waals surface area (Å²) in [4.78, 5) is 12.4. The Balaban J connectivity index is 1.59. The lowest BCUT2D eigenvalue weighted by atomic mass is 10.2. The molecule has 3 rings (SSSR count). The van der Waals surface area contributed by atoms with Gasteiger partial charge in [-0.15, -0.1) is 0 Å². The molecule has 0 atom stereocenters. The van der Waals surface area contributed by atoms with E-state index in [0.717, 1.165) is 9.13 Å². The SMILES string of the molecule is O=C(NC(=S)Nc1ccc(S(=O)(=O)NCc2ccccc2)cc1)c1ccccc1I. The molecule has 0 spiro atoms. The van der Waals surface area contributed by atoms with Gasteiger partial charge in [-0.05, 0) is 76.8 Å². The zero-order chi connectivity index (χ0) is 21.6. The second-order valence-electron chi connectivity index (χ2n) is 6.22. The highest BCUT2D eigenvalue weighted by Gasteiger charge is 2.14. The van der Waals surface area contributed by atoms with Crippen molar-refractivity contribution in [2.24, 2.45) is 0 Å². The fourth-order valence-corrected chi connectivity index (χ4v) is 4.41. The van der Waals surface area contributed by atoms with Crippen LogP contribution >= 0.6 is 34.8 Å². The third kappa shape index (κ3) is 6.08. The molecular weight excluding hydrogens is 533 g/mol. The number of halogens is 1. The number of hydrogen-bond donors (Lipinski definition) is 3. The topological polar surface area (TPSA) is 87.3 Å². The molecule has 0 aromatic heterocycles. The number of nitrogens with one attached hydrogen (secondary N) is 3. The van der Waals surface area contributed by atoms with Crippen LogP contribution < -0.4 is 15.4 Å². The number of rotatable bonds is 6. The van der Waals surface area contributed by atoms with Crippen molar-refractivity contribution < 1.29 is 13.2 Å². The molecule has 30 heavy (non-hydrogen) atoms. The first-order chi connectivity index (χ1) is 14.3. The molecule has 9 heteroatoms. The third-order valence-electron chi connectivity index (χ3n) is 4.08. The largest absolute Gasteiger partial charge is 0.332 e. The molecule has 1 amide bonds. The zero-order valence-electron chi connectivity index (χ0n) is 15.6. The first kappa shape index (κ1) is 22.3. The van der Waals surface area contributed by atoms with Gasteiger partial charge in [-0.1, -0.05) is 42.5 Å². The molecular formula is C21H18IN3O3S2. The molecule has 154 valence electrons. The lowest BCUT2D eigenvalue weighted by molar-refractivity contribution is 0.0977. The molecule has 0 heterocycles. The highest BCUT2D eigenvalue weighted by Crippen LogP contribution is 2.15. The molecule has 0 radical (unpaired) electrons. The number of carbonyl (C=O) groups is 1. The van der Waals surface area contributed by atoms with E-state index in [1.807, 2.05) is 42.5 Å². The van der Waals surface area contributed by atoms with Gasteiger partial charge in [0.25, 0.3) is 5.91 Å². The maximum absolute atomic E-state index is 12.5. The molecule has 0 saturated heterocycles. The monoisotopic (exact) mass is 551 g/mol. The Bertz CT molecular complexity index is 1150. The maximum atomic E-state index is 12.5. The Hall–Kier alpha value is -2.34. The van der Waals surface area contributed by atoms with E-state index in [1.165, 1.54) is 12.1 Å². The van der Waals surface area contributed by atoms with Gasteiger partial charge in [0.05, 0.1) is 10.5 Å². The lowest BCUT2D eigenvalue weighted by Crippen LogP contribution is -2.34. The molecule has 6 nitrogen and oxygen atoms in total. The quantitative estimate of drug-likeness (QED) is 0.320. The van der Waals surface area contributed by atoms with Gasteiger partial charge in [0.2, 0.25) is 10.0 Å². The van der Waals surface area contributed by atoms with Crippen LogP contribution in [0.25, 0.3) is 0 Å². The lowest BCUT2D eigenvalue weighted by Gasteiger charge is -2.11. The summed E-state index contributed by atoms with van der Waals surface area (Å²) in [5.41, 5.74) is 1.95. The van der Waals surface area contributed by atoms with E-state index in [9.17, 15) is 13.2 Å². The van der Waals surface area contributed by atoms with Crippen molar-refractivity contribution in [2.75, 3.05) is 5.32 Å². The normalized spacial score (nSPS) is 11.0. The number of thiocarbonyl (C=S) groups is 1. The summed E-state index contributed by atoms with van der Waals surface area (Å²) in [5, 5.41) is 5.62. The second kappa shape index (κ2) is 10.1. The van der Waals surface area contributed by atoms with Gasteiger partial charge < -0.3 is 5.32 Å². The van der Waals surface area contributed by atoms with Gasteiger partial charge in [0.1, 0.15) is 0 Å². The minimum atomic E-state index is -3.64. The van der Waals surface area contributed by atoms with Gasteiger partial charge in [-0.3, -0.25) is 10.1 Å². The molecule has 0 bridgehead atoms. The summed E-state index contributed by atoms with van der Waals surface area (Å²) in [6.07, 6.45) is 0. The van der Waals surface area contributed by atoms with Gasteiger partial charge in [0, 0.05) is 15.8 Å². The smallest absolute Gasteiger partial charge is 0.258 e. The number of hydrogen-bond acceptors (Lipinski definition) is 4. The molecule has 0 saturated carbocycles. The molecule has 0 aliphatic rings. The Labute approximate surface area is 194 Å². The number of benzene rings is 3. The van der Waals surface area contributed by atoms with E-state index in [2.05, 4.69) is 37.9 Å². The van der Waals surface area contributed by atoms with Crippen molar-refractivity contribution in [3.63, 3.8) is 0 Å². The predicted octanol–water partition coefficient (Wildman–Crippen LogP) is 3.90. The molecule has 3 aromatic carbocycles. The minimum absolute atomic E-state index is 0.123. The predicted molar refractivity (Wildman–Crippen MR) is 130 cm³/mol. The van der Waals surface area contributed by atoms with Crippen LogP contribution in [0.5, 0.6) is 0 Å². The first-order valence-corrected chi connectivity index (χ1v) is 11.8. The van der Waals surface area contributed by atoms with E-state index >= 15 is 0 Å². The molecule has 0 aliphatic heterocycles. The Morgan fingerprint density at radius 3 is 2.20 bits per heavy atom. The standard InChI is InChI=1S/C21H18IN3O3S2/c22-19-9-5-4-8-18(19)20(26)25-21(29)24-16-10-12-17(13-11-16)30(27,28)23-14-15-6-2-1-3-7-15/h1-13,23H,14H2,(H2,24,25,26,29). The van der Waals surface area contributed by atoms with Crippen molar-refractivity contribution in [1.82, 2.24) is 10.0 Å². The summed E-state index contributed by atoms with van der Waals surface area (Å²) >= 11 is 7.26. The van der Waals surface area contributed by atoms with Gasteiger partial charge in [0.15, 0.2) is 5.11 Å². The first-order valence-electron chi connectivity index (χ1n) is 8.86. The van der Waals surface area contributed by atoms with Crippen LogP contribution in [0.4, 0.5) is 5.69 Å². The number of sulfonamides is 1. The van der Waals surface area contributed by atoms with Crippen LogP contribution in [-0.4, -0.2) is 19.4 Å². The highest BCUT2D eigenvalue weighted by molar-refractivity contribution is 14.1. The fourth-order valence-electron chi connectivity index (χ4n) is 2.55. The summed E-state index contributed by atoms with van der Waals surface area (Å²) < 4.78 is 28.3. The molecule has 3 N–H and O–H groups in total. The van der Waals surface area contributed by atoms with Crippen LogP contribution in [0.1, 0.15) is 15.9 Å². The van der Waals surface area contributed by atoms with Gasteiger partial charge in [-0.25, -0.2) is 13.1 Å². The van der Waals surface area contributed by atoms with Crippen LogP contribution in [0.2, 0.25) is 0 Å². The van der Waals surface area contributed by atoms with Crippen molar-refractivity contribution in [3.05, 3.63) is 93.6 Å².